The highest BCUT2D eigenvalue weighted by Gasteiger charge is 2.30. The lowest BCUT2D eigenvalue weighted by Gasteiger charge is -2.28. The Morgan fingerprint density at radius 3 is 2.66 bits per heavy atom. The summed E-state index contributed by atoms with van der Waals surface area (Å²) in [5.41, 5.74) is 8.43. The summed E-state index contributed by atoms with van der Waals surface area (Å²) in [7, 11) is 2.14. The zero-order chi connectivity index (χ0) is 31.4. The minimum Gasteiger partial charge on any atom is -0.444 e. The third kappa shape index (κ3) is 8.05. The highest BCUT2D eigenvalue weighted by atomic mass is 35.5. The SMILES string of the molecule is CN(CCCN(CCc1ccc(F)cc1)C(=O)OC(C)(C)C)C[C@@H]1CC[C@H](n2cc(-c3nccs3)c3c(N)nc(Cl)nc32)C1. The van der Waals surface area contributed by atoms with Crippen LogP contribution in [0.15, 0.2) is 42.0 Å². The van der Waals surface area contributed by atoms with Gasteiger partial charge >= 0.3 is 6.09 Å². The first kappa shape index (κ1) is 32.1. The average Bonchev–Trinajstić information content (AvgIpc) is 3.71. The molecule has 4 aromatic rings. The van der Waals surface area contributed by atoms with Gasteiger partial charge in [-0.15, -0.1) is 11.3 Å². The quantitative estimate of drug-likeness (QED) is 0.175. The minimum absolute atomic E-state index is 0.146. The second kappa shape index (κ2) is 13.8. The smallest absolute Gasteiger partial charge is 0.410 e. The lowest BCUT2D eigenvalue weighted by molar-refractivity contribution is 0.0245. The van der Waals surface area contributed by atoms with Crippen LogP contribution in [-0.2, 0) is 11.2 Å². The van der Waals surface area contributed by atoms with E-state index >= 15 is 0 Å². The summed E-state index contributed by atoms with van der Waals surface area (Å²) < 4.78 is 21.2. The van der Waals surface area contributed by atoms with Gasteiger partial charge in [0.1, 0.15) is 27.9 Å². The fourth-order valence-corrected chi connectivity index (χ4v) is 6.84. The standard InChI is InChI=1S/C32H41ClFN7O2S/c1-32(2,3)43-31(42)40(16-12-21-6-9-23(34)10-7-21)15-5-14-39(4)19-22-8-11-24(18-22)41-20-25(29-36-13-17-44-29)26-27(35)37-30(33)38-28(26)41/h6-7,9-10,13,17,20,22,24H,5,8,11-12,14-16,18-19H2,1-4H3,(H2,35,37,38)/t22-,24+/m1/s1. The second-order valence-electron chi connectivity index (χ2n) is 12.7. The Balaban J connectivity index is 1.17. The number of ether oxygens (including phenoxy) is 1. The topological polar surface area (TPSA) is 102 Å². The zero-order valence-electron chi connectivity index (χ0n) is 25.8. The molecule has 0 saturated heterocycles. The molecule has 1 amide bonds. The van der Waals surface area contributed by atoms with E-state index in [0.29, 0.717) is 31.2 Å². The molecule has 44 heavy (non-hydrogen) atoms. The second-order valence-corrected chi connectivity index (χ2v) is 13.9. The molecular weight excluding hydrogens is 601 g/mol. The molecule has 3 heterocycles. The third-order valence-corrected chi connectivity index (χ3v) is 8.99. The molecule has 0 spiro atoms. The van der Waals surface area contributed by atoms with Crippen molar-refractivity contribution in [1.29, 1.82) is 0 Å². The predicted octanol–water partition coefficient (Wildman–Crippen LogP) is 7.07. The number of nitrogens with zero attached hydrogens (tertiary/aromatic N) is 6. The normalized spacial score (nSPS) is 17.1. The van der Waals surface area contributed by atoms with Gasteiger partial charge < -0.3 is 24.8 Å². The number of hydrogen-bond acceptors (Lipinski definition) is 8. The summed E-state index contributed by atoms with van der Waals surface area (Å²) in [6.45, 7) is 8.55. The van der Waals surface area contributed by atoms with Crippen LogP contribution in [0.1, 0.15) is 58.1 Å². The molecule has 0 unspecified atom stereocenters. The van der Waals surface area contributed by atoms with Crippen molar-refractivity contribution < 1.29 is 13.9 Å². The highest BCUT2D eigenvalue weighted by Crippen LogP contribution is 2.41. The maximum absolute atomic E-state index is 13.3. The van der Waals surface area contributed by atoms with Gasteiger partial charge in [0.15, 0.2) is 0 Å². The number of carbonyl (C=O) groups is 1. The van der Waals surface area contributed by atoms with Crippen LogP contribution in [0.3, 0.4) is 0 Å². The summed E-state index contributed by atoms with van der Waals surface area (Å²) in [5, 5.41) is 3.79. The zero-order valence-corrected chi connectivity index (χ0v) is 27.4. The Bertz CT molecular complexity index is 1560. The fourth-order valence-electron chi connectivity index (χ4n) is 6.01. The maximum Gasteiger partial charge on any atom is 0.410 e. The number of nitrogen functional groups attached to an aromatic ring is 1. The number of rotatable bonds is 11. The Morgan fingerprint density at radius 1 is 1.18 bits per heavy atom. The van der Waals surface area contributed by atoms with Crippen LogP contribution in [0.2, 0.25) is 5.28 Å². The van der Waals surface area contributed by atoms with E-state index in [0.717, 1.165) is 65.9 Å². The number of anilines is 1. The molecule has 5 rings (SSSR count). The maximum atomic E-state index is 13.3. The van der Waals surface area contributed by atoms with Crippen LogP contribution in [0.25, 0.3) is 21.6 Å². The van der Waals surface area contributed by atoms with Gasteiger partial charge in [-0.25, -0.2) is 19.2 Å². The van der Waals surface area contributed by atoms with Crippen molar-refractivity contribution in [3.63, 3.8) is 0 Å². The van der Waals surface area contributed by atoms with Gasteiger partial charge in [-0.2, -0.15) is 4.98 Å². The molecule has 1 aliphatic rings. The highest BCUT2D eigenvalue weighted by molar-refractivity contribution is 7.13. The lowest BCUT2D eigenvalue weighted by Crippen LogP contribution is -2.39. The molecular formula is C32H41ClFN7O2S. The molecule has 0 aliphatic heterocycles. The van der Waals surface area contributed by atoms with Crippen molar-refractivity contribution in [2.24, 2.45) is 5.92 Å². The van der Waals surface area contributed by atoms with E-state index in [1.54, 1.807) is 34.6 Å². The largest absolute Gasteiger partial charge is 0.444 e. The number of aromatic nitrogens is 4. The summed E-state index contributed by atoms with van der Waals surface area (Å²) in [6, 6.07) is 6.71. The Labute approximate surface area is 267 Å². The lowest BCUT2D eigenvalue weighted by atomic mass is 10.1. The van der Waals surface area contributed by atoms with Crippen molar-refractivity contribution >= 4 is 45.9 Å². The molecule has 0 radical (unpaired) electrons. The number of halogens is 2. The summed E-state index contributed by atoms with van der Waals surface area (Å²) in [5.74, 6) is 0.636. The molecule has 1 saturated carbocycles. The number of nitrogens with two attached hydrogens (primary N) is 1. The molecule has 236 valence electrons. The van der Waals surface area contributed by atoms with Crippen molar-refractivity contribution in [2.75, 3.05) is 39.0 Å². The summed E-state index contributed by atoms with van der Waals surface area (Å²) >= 11 is 7.79. The van der Waals surface area contributed by atoms with E-state index in [1.807, 2.05) is 26.2 Å². The molecule has 3 aromatic heterocycles. The first-order chi connectivity index (χ1) is 21.0. The van der Waals surface area contributed by atoms with Crippen molar-refractivity contribution in [3.8, 4) is 10.6 Å². The first-order valence-electron chi connectivity index (χ1n) is 15.1. The van der Waals surface area contributed by atoms with Gasteiger partial charge in [-0.05, 0) is 102 Å². The van der Waals surface area contributed by atoms with E-state index in [1.165, 1.54) is 12.1 Å². The third-order valence-electron chi connectivity index (χ3n) is 8.02. The van der Waals surface area contributed by atoms with Crippen molar-refractivity contribution in [1.82, 2.24) is 29.3 Å². The molecule has 1 aromatic carbocycles. The van der Waals surface area contributed by atoms with Crippen LogP contribution in [0.4, 0.5) is 15.0 Å². The van der Waals surface area contributed by atoms with Gasteiger partial charge in [0, 0.05) is 49.0 Å². The van der Waals surface area contributed by atoms with E-state index in [9.17, 15) is 9.18 Å². The molecule has 1 aliphatic carbocycles. The minimum atomic E-state index is -0.573. The number of fused-ring (bicyclic) bond motifs is 1. The van der Waals surface area contributed by atoms with Crippen LogP contribution in [-0.4, -0.2) is 74.2 Å². The summed E-state index contributed by atoms with van der Waals surface area (Å²) in [6.07, 6.45) is 8.21. The van der Waals surface area contributed by atoms with Gasteiger partial charge in [-0.3, -0.25) is 0 Å². The van der Waals surface area contributed by atoms with E-state index in [4.69, 9.17) is 22.1 Å². The average molecular weight is 642 g/mol. The van der Waals surface area contributed by atoms with Gasteiger partial charge in [0.05, 0.1) is 5.39 Å². The van der Waals surface area contributed by atoms with Crippen LogP contribution in [0.5, 0.6) is 0 Å². The number of benzene rings is 1. The van der Waals surface area contributed by atoms with E-state index < -0.39 is 5.60 Å². The molecule has 0 bridgehead atoms. The monoisotopic (exact) mass is 641 g/mol. The van der Waals surface area contributed by atoms with Gasteiger partial charge in [-0.1, -0.05) is 12.1 Å². The number of carbonyl (C=O) groups excluding carboxylic acids is 1. The van der Waals surface area contributed by atoms with Crippen LogP contribution in [0, 0.1) is 11.7 Å². The number of amides is 1. The molecule has 2 N–H and O–H groups in total. The van der Waals surface area contributed by atoms with E-state index in [2.05, 4.69) is 37.7 Å². The first-order valence-corrected chi connectivity index (χ1v) is 16.4. The fraction of sp³-hybridized carbons (Fsp3) is 0.500. The van der Waals surface area contributed by atoms with Crippen molar-refractivity contribution in [3.05, 3.63) is 58.7 Å². The van der Waals surface area contributed by atoms with Crippen LogP contribution >= 0.6 is 22.9 Å². The van der Waals surface area contributed by atoms with Crippen LogP contribution < -0.4 is 5.73 Å². The number of hydrogen-bond donors (Lipinski definition) is 1. The summed E-state index contributed by atoms with van der Waals surface area (Å²) in [4.78, 5) is 30.4. The molecule has 9 nitrogen and oxygen atoms in total. The van der Waals surface area contributed by atoms with E-state index in [-0.39, 0.29) is 23.2 Å². The number of thiazole rings is 1. The Kier molecular flexibility index (Phi) is 10.1. The Hall–Kier alpha value is -3.28. The Morgan fingerprint density at radius 2 is 1.95 bits per heavy atom. The molecule has 12 heteroatoms. The van der Waals surface area contributed by atoms with Crippen molar-refractivity contribution in [2.45, 2.75) is 64.5 Å². The van der Waals surface area contributed by atoms with Gasteiger partial charge in [0.25, 0.3) is 0 Å². The molecule has 2 atom stereocenters. The predicted molar refractivity (Wildman–Crippen MR) is 174 cm³/mol. The van der Waals surface area contributed by atoms with Gasteiger partial charge in [0.2, 0.25) is 5.28 Å². The molecule has 1 fully saturated rings.